The number of anilines is 3. The van der Waals surface area contributed by atoms with E-state index < -0.39 is 0 Å². The van der Waals surface area contributed by atoms with Crippen molar-refractivity contribution < 1.29 is 0 Å². The molecule has 2 aromatic heterocycles. The van der Waals surface area contributed by atoms with E-state index in [0.29, 0.717) is 0 Å². The third-order valence-corrected chi connectivity index (χ3v) is 4.34. The van der Waals surface area contributed by atoms with E-state index in [1.807, 2.05) is 18.3 Å². The summed E-state index contributed by atoms with van der Waals surface area (Å²) >= 11 is 0. The molecule has 1 aliphatic heterocycles. The molecule has 0 unspecified atom stereocenters. The summed E-state index contributed by atoms with van der Waals surface area (Å²) in [6.45, 7) is 10.0. The zero-order valence-corrected chi connectivity index (χ0v) is 15.2. The molecule has 0 bridgehead atoms. The van der Waals surface area contributed by atoms with Crippen LogP contribution in [-0.4, -0.2) is 59.2 Å². The highest BCUT2D eigenvalue weighted by molar-refractivity contribution is 5.46. The quantitative estimate of drug-likeness (QED) is 0.765. The van der Waals surface area contributed by atoms with Gasteiger partial charge in [0.25, 0.3) is 0 Å². The number of rotatable bonds is 7. The maximum Gasteiger partial charge on any atom is 0.227 e. The van der Waals surface area contributed by atoms with Crippen molar-refractivity contribution in [3.8, 4) is 0 Å². The Labute approximate surface area is 149 Å². The molecule has 3 rings (SSSR count). The molecule has 0 atom stereocenters. The van der Waals surface area contributed by atoms with Crippen LogP contribution in [0.2, 0.25) is 0 Å². The van der Waals surface area contributed by atoms with Crippen molar-refractivity contribution in [1.29, 1.82) is 0 Å². The minimum absolute atomic E-state index is 0.808. The normalized spacial score (nSPS) is 14.6. The molecule has 0 N–H and O–H groups in total. The molecule has 134 valence electrons. The molecular formula is C18H27N7. The fourth-order valence-corrected chi connectivity index (χ4v) is 3.11. The topological polar surface area (TPSA) is 61.3 Å². The molecule has 7 nitrogen and oxygen atoms in total. The molecule has 0 spiro atoms. The fourth-order valence-electron chi connectivity index (χ4n) is 3.11. The van der Waals surface area contributed by atoms with Crippen LogP contribution < -0.4 is 14.7 Å². The monoisotopic (exact) mass is 341 g/mol. The van der Waals surface area contributed by atoms with Gasteiger partial charge in [0.2, 0.25) is 11.9 Å². The number of hydrogen-bond acceptors (Lipinski definition) is 7. The Morgan fingerprint density at radius 2 is 1.52 bits per heavy atom. The van der Waals surface area contributed by atoms with Crippen LogP contribution in [0, 0.1) is 0 Å². The van der Waals surface area contributed by atoms with Gasteiger partial charge in [-0.15, -0.1) is 0 Å². The largest absolute Gasteiger partial charge is 0.353 e. The average Bonchev–Trinajstić information content (AvgIpc) is 2.69. The van der Waals surface area contributed by atoms with Gasteiger partial charge >= 0.3 is 0 Å². The highest BCUT2D eigenvalue weighted by Crippen LogP contribution is 2.18. The predicted octanol–water partition coefficient (Wildman–Crippen LogP) is 2.22. The number of hydrogen-bond donors (Lipinski definition) is 0. The first-order valence-corrected chi connectivity index (χ1v) is 9.16. The Morgan fingerprint density at radius 3 is 2.16 bits per heavy atom. The van der Waals surface area contributed by atoms with Gasteiger partial charge in [-0.25, -0.2) is 15.0 Å². The van der Waals surface area contributed by atoms with Crippen LogP contribution in [0.4, 0.5) is 17.7 Å². The van der Waals surface area contributed by atoms with Gasteiger partial charge in [0.15, 0.2) is 0 Å². The van der Waals surface area contributed by atoms with Gasteiger partial charge in [0.05, 0.1) is 0 Å². The van der Waals surface area contributed by atoms with E-state index in [1.54, 1.807) is 12.4 Å². The molecule has 0 radical (unpaired) electrons. The summed E-state index contributed by atoms with van der Waals surface area (Å²) in [6.07, 6.45) is 7.66. The standard InChI is InChI=1S/C18H27N7/c1-3-10-24(11-4-2)18-21-9-6-16(22-18)23-12-14-25(15-13-23)17-19-7-5-8-20-17/h5-9H,3-4,10-15H2,1-2H3. The Kier molecular flexibility index (Phi) is 5.98. The van der Waals surface area contributed by atoms with Crippen LogP contribution in [0.15, 0.2) is 30.7 Å². The van der Waals surface area contributed by atoms with Gasteiger partial charge in [-0.2, -0.15) is 4.98 Å². The van der Waals surface area contributed by atoms with E-state index in [4.69, 9.17) is 4.98 Å². The summed E-state index contributed by atoms with van der Waals surface area (Å²) < 4.78 is 0. The van der Waals surface area contributed by atoms with Gasteiger partial charge in [-0.05, 0) is 25.0 Å². The van der Waals surface area contributed by atoms with Crippen LogP contribution >= 0.6 is 0 Å². The van der Waals surface area contributed by atoms with Gasteiger partial charge in [0.1, 0.15) is 5.82 Å². The summed E-state index contributed by atoms with van der Waals surface area (Å²) in [4.78, 5) is 24.8. The molecule has 0 amide bonds. The van der Waals surface area contributed by atoms with Crippen molar-refractivity contribution in [1.82, 2.24) is 19.9 Å². The van der Waals surface area contributed by atoms with Gasteiger partial charge in [-0.1, -0.05) is 13.8 Å². The number of nitrogens with zero attached hydrogens (tertiary/aromatic N) is 7. The minimum atomic E-state index is 0.808. The van der Waals surface area contributed by atoms with Crippen LogP contribution in [0.1, 0.15) is 26.7 Å². The molecule has 3 heterocycles. The lowest BCUT2D eigenvalue weighted by Gasteiger charge is -2.35. The molecule has 25 heavy (non-hydrogen) atoms. The van der Waals surface area contributed by atoms with Gasteiger partial charge < -0.3 is 14.7 Å². The zero-order chi connectivity index (χ0) is 17.5. The Balaban J connectivity index is 1.66. The maximum absolute atomic E-state index is 4.82. The molecule has 1 aliphatic rings. The third-order valence-electron chi connectivity index (χ3n) is 4.34. The summed E-state index contributed by atoms with van der Waals surface area (Å²) in [5, 5.41) is 0. The Hall–Kier alpha value is -2.44. The van der Waals surface area contributed by atoms with Crippen LogP contribution in [-0.2, 0) is 0 Å². The smallest absolute Gasteiger partial charge is 0.227 e. The molecular weight excluding hydrogens is 314 g/mol. The van der Waals surface area contributed by atoms with E-state index in [9.17, 15) is 0 Å². The molecule has 1 fully saturated rings. The average molecular weight is 341 g/mol. The van der Waals surface area contributed by atoms with Crippen molar-refractivity contribution in [3.63, 3.8) is 0 Å². The lowest BCUT2D eigenvalue weighted by Crippen LogP contribution is -2.47. The van der Waals surface area contributed by atoms with E-state index >= 15 is 0 Å². The van der Waals surface area contributed by atoms with Crippen molar-refractivity contribution in [2.75, 3.05) is 54.0 Å². The summed E-state index contributed by atoms with van der Waals surface area (Å²) in [5.74, 6) is 2.66. The first kappa shape index (κ1) is 17.4. The summed E-state index contributed by atoms with van der Waals surface area (Å²) in [6, 6.07) is 3.86. The van der Waals surface area contributed by atoms with E-state index in [2.05, 4.69) is 43.5 Å². The minimum Gasteiger partial charge on any atom is -0.353 e. The number of aromatic nitrogens is 4. The van der Waals surface area contributed by atoms with Crippen LogP contribution in [0.5, 0.6) is 0 Å². The summed E-state index contributed by atoms with van der Waals surface area (Å²) in [5.41, 5.74) is 0. The molecule has 2 aromatic rings. The van der Waals surface area contributed by atoms with Gasteiger partial charge in [0, 0.05) is 57.9 Å². The van der Waals surface area contributed by atoms with E-state index in [-0.39, 0.29) is 0 Å². The fraction of sp³-hybridized carbons (Fsp3) is 0.556. The number of piperazine rings is 1. The second-order valence-electron chi connectivity index (χ2n) is 6.22. The molecule has 1 saturated heterocycles. The van der Waals surface area contributed by atoms with Crippen molar-refractivity contribution in [3.05, 3.63) is 30.7 Å². The zero-order valence-electron chi connectivity index (χ0n) is 15.2. The van der Waals surface area contributed by atoms with Crippen LogP contribution in [0.3, 0.4) is 0 Å². The van der Waals surface area contributed by atoms with Crippen molar-refractivity contribution in [2.45, 2.75) is 26.7 Å². The predicted molar refractivity (Wildman–Crippen MR) is 101 cm³/mol. The molecule has 0 aromatic carbocycles. The Morgan fingerprint density at radius 1 is 0.880 bits per heavy atom. The molecule has 7 heteroatoms. The van der Waals surface area contributed by atoms with Crippen molar-refractivity contribution in [2.24, 2.45) is 0 Å². The highest BCUT2D eigenvalue weighted by atomic mass is 15.3. The van der Waals surface area contributed by atoms with E-state index in [0.717, 1.165) is 69.8 Å². The molecule has 0 aliphatic carbocycles. The molecule has 0 saturated carbocycles. The first-order valence-electron chi connectivity index (χ1n) is 9.16. The third kappa shape index (κ3) is 4.35. The lowest BCUT2D eigenvalue weighted by atomic mass is 10.3. The maximum atomic E-state index is 4.82. The summed E-state index contributed by atoms with van der Waals surface area (Å²) in [7, 11) is 0. The van der Waals surface area contributed by atoms with Crippen LogP contribution in [0.25, 0.3) is 0 Å². The van der Waals surface area contributed by atoms with E-state index in [1.165, 1.54) is 0 Å². The second kappa shape index (κ2) is 8.60. The first-order chi connectivity index (χ1) is 12.3. The highest BCUT2D eigenvalue weighted by Gasteiger charge is 2.20. The lowest BCUT2D eigenvalue weighted by molar-refractivity contribution is 0.632. The SMILES string of the molecule is CCCN(CCC)c1nccc(N2CCN(c3ncccn3)CC2)n1. The van der Waals surface area contributed by atoms with Gasteiger partial charge in [-0.3, -0.25) is 0 Å². The second-order valence-corrected chi connectivity index (χ2v) is 6.22. The van der Waals surface area contributed by atoms with Crippen molar-refractivity contribution >= 4 is 17.7 Å². The Bertz CT molecular complexity index is 635.